The third-order valence-electron chi connectivity index (χ3n) is 9.17. The molecule has 0 spiro atoms. The van der Waals surface area contributed by atoms with Crippen LogP contribution in [-0.2, 0) is 14.4 Å². The summed E-state index contributed by atoms with van der Waals surface area (Å²) in [5.74, 6) is 1.77. The SMILES string of the molecule is CC(C)(C)NC(=O)[C@H]1CCC2C3CCC4C(=O)C(=O)CC[C@]4(C)C3CC[C@@]21C. The number of carbonyl (C=O) groups excluding carboxylic acids is 3. The molecule has 0 saturated heterocycles. The quantitative estimate of drug-likeness (QED) is 0.682. The first-order chi connectivity index (χ1) is 13.0. The molecule has 4 aliphatic rings. The minimum absolute atomic E-state index is 0.0129. The summed E-state index contributed by atoms with van der Waals surface area (Å²) in [5.41, 5.74) is -0.127. The van der Waals surface area contributed by atoms with Crippen LogP contribution in [0.1, 0.15) is 86.0 Å². The summed E-state index contributed by atoms with van der Waals surface area (Å²) < 4.78 is 0. The summed E-state index contributed by atoms with van der Waals surface area (Å²) >= 11 is 0. The van der Waals surface area contributed by atoms with Gasteiger partial charge < -0.3 is 5.32 Å². The number of ketones is 2. The van der Waals surface area contributed by atoms with Gasteiger partial charge in [-0.1, -0.05) is 13.8 Å². The van der Waals surface area contributed by atoms with Crippen molar-refractivity contribution >= 4 is 17.5 Å². The van der Waals surface area contributed by atoms with Gasteiger partial charge in [-0.25, -0.2) is 0 Å². The number of Topliss-reactive ketones (excluding diaryl/α,β-unsaturated/α-hetero) is 2. The van der Waals surface area contributed by atoms with Crippen LogP contribution in [0, 0.1) is 40.4 Å². The van der Waals surface area contributed by atoms with Gasteiger partial charge in [0, 0.05) is 23.8 Å². The van der Waals surface area contributed by atoms with Crippen molar-refractivity contribution in [1.82, 2.24) is 5.32 Å². The number of rotatable bonds is 1. The Morgan fingerprint density at radius 3 is 2.29 bits per heavy atom. The second-order valence-electron chi connectivity index (χ2n) is 11.7. The zero-order valence-electron chi connectivity index (χ0n) is 18.3. The zero-order valence-corrected chi connectivity index (χ0v) is 18.3. The van der Waals surface area contributed by atoms with Gasteiger partial charge in [0.1, 0.15) is 0 Å². The van der Waals surface area contributed by atoms with Crippen LogP contribution in [0.4, 0.5) is 0 Å². The molecule has 0 aromatic heterocycles. The van der Waals surface area contributed by atoms with E-state index < -0.39 is 0 Å². The van der Waals surface area contributed by atoms with E-state index >= 15 is 0 Å². The van der Waals surface area contributed by atoms with Crippen molar-refractivity contribution < 1.29 is 14.4 Å². The maximum atomic E-state index is 13.1. The number of nitrogens with one attached hydrogen (secondary N) is 1. The lowest BCUT2D eigenvalue weighted by molar-refractivity contribution is -0.159. The fourth-order valence-corrected chi connectivity index (χ4v) is 7.83. The molecule has 7 atom stereocenters. The van der Waals surface area contributed by atoms with Gasteiger partial charge in [0.2, 0.25) is 11.7 Å². The predicted molar refractivity (Wildman–Crippen MR) is 109 cm³/mol. The first-order valence-electron chi connectivity index (χ1n) is 11.4. The molecule has 4 unspecified atom stereocenters. The Morgan fingerprint density at radius 1 is 0.929 bits per heavy atom. The van der Waals surface area contributed by atoms with Crippen molar-refractivity contribution in [2.24, 2.45) is 40.4 Å². The first kappa shape index (κ1) is 20.1. The predicted octanol–water partition coefficient (Wildman–Crippen LogP) is 4.31. The van der Waals surface area contributed by atoms with E-state index in [1.807, 2.05) is 0 Å². The van der Waals surface area contributed by atoms with Gasteiger partial charge in [-0.15, -0.1) is 0 Å². The molecule has 0 aromatic carbocycles. The Kier molecular flexibility index (Phi) is 4.60. The van der Waals surface area contributed by atoms with Crippen molar-refractivity contribution in [3.63, 3.8) is 0 Å². The maximum absolute atomic E-state index is 13.1. The molecule has 4 nitrogen and oxygen atoms in total. The molecule has 0 aromatic rings. The van der Waals surface area contributed by atoms with Crippen LogP contribution in [0.2, 0.25) is 0 Å². The second-order valence-corrected chi connectivity index (χ2v) is 11.7. The molecule has 0 heterocycles. The van der Waals surface area contributed by atoms with Crippen LogP contribution in [-0.4, -0.2) is 23.0 Å². The molecule has 4 fully saturated rings. The molecule has 28 heavy (non-hydrogen) atoms. The number of hydrogen-bond acceptors (Lipinski definition) is 3. The molecular formula is C24H37NO3. The Bertz CT molecular complexity index is 707. The van der Waals surface area contributed by atoms with E-state index in [9.17, 15) is 14.4 Å². The van der Waals surface area contributed by atoms with Gasteiger partial charge >= 0.3 is 0 Å². The van der Waals surface area contributed by atoms with E-state index in [0.717, 1.165) is 44.9 Å². The van der Waals surface area contributed by atoms with Crippen molar-refractivity contribution in [2.45, 2.75) is 91.5 Å². The molecule has 156 valence electrons. The zero-order chi connectivity index (χ0) is 20.5. The molecule has 1 N–H and O–H groups in total. The minimum atomic E-state index is -0.191. The molecule has 4 aliphatic carbocycles. The highest BCUT2D eigenvalue weighted by molar-refractivity contribution is 6.38. The highest BCUT2D eigenvalue weighted by Gasteiger charge is 2.62. The maximum Gasteiger partial charge on any atom is 0.224 e. The molecule has 0 bridgehead atoms. The van der Waals surface area contributed by atoms with E-state index in [1.165, 1.54) is 0 Å². The minimum Gasteiger partial charge on any atom is -0.351 e. The van der Waals surface area contributed by atoms with Crippen LogP contribution in [0.5, 0.6) is 0 Å². The molecule has 4 rings (SSSR count). The molecule has 0 radical (unpaired) electrons. The Labute approximate surface area is 169 Å². The Balaban J connectivity index is 1.58. The van der Waals surface area contributed by atoms with Crippen molar-refractivity contribution in [3.8, 4) is 0 Å². The van der Waals surface area contributed by atoms with E-state index in [0.29, 0.717) is 24.2 Å². The topological polar surface area (TPSA) is 63.2 Å². The summed E-state index contributed by atoms with van der Waals surface area (Å²) in [4.78, 5) is 37.7. The molecular weight excluding hydrogens is 350 g/mol. The van der Waals surface area contributed by atoms with Gasteiger partial charge in [-0.2, -0.15) is 0 Å². The van der Waals surface area contributed by atoms with Crippen molar-refractivity contribution in [2.75, 3.05) is 0 Å². The second kappa shape index (κ2) is 6.40. The first-order valence-corrected chi connectivity index (χ1v) is 11.4. The van der Waals surface area contributed by atoms with Crippen molar-refractivity contribution in [3.05, 3.63) is 0 Å². The van der Waals surface area contributed by atoms with Crippen LogP contribution in [0.25, 0.3) is 0 Å². The summed E-state index contributed by atoms with van der Waals surface area (Å²) in [6.45, 7) is 10.8. The van der Waals surface area contributed by atoms with Crippen LogP contribution < -0.4 is 5.32 Å². The lowest BCUT2D eigenvalue weighted by Gasteiger charge is -2.59. The third kappa shape index (κ3) is 2.89. The Morgan fingerprint density at radius 2 is 1.61 bits per heavy atom. The number of fused-ring (bicyclic) bond motifs is 5. The van der Waals surface area contributed by atoms with E-state index in [1.54, 1.807) is 0 Å². The molecule has 0 aliphatic heterocycles. The lowest BCUT2D eigenvalue weighted by Crippen LogP contribution is -2.57. The number of amides is 1. The highest BCUT2D eigenvalue weighted by atomic mass is 16.2. The van der Waals surface area contributed by atoms with E-state index in [2.05, 4.69) is 39.9 Å². The molecule has 1 amide bonds. The summed E-state index contributed by atoms with van der Waals surface area (Å²) in [7, 11) is 0. The van der Waals surface area contributed by atoms with Gasteiger partial charge in [-0.05, 0) is 94.3 Å². The number of hydrogen-bond donors (Lipinski definition) is 1. The summed E-state index contributed by atoms with van der Waals surface area (Å²) in [5, 5.41) is 3.23. The largest absolute Gasteiger partial charge is 0.351 e. The standard InChI is InChI=1S/C24H37NO3/c1-22(2,3)25-21(28)18-9-8-15-14-6-7-17-20(27)19(26)11-13-23(17,4)16(14)10-12-24(15,18)5/h14-18H,6-13H2,1-5H3,(H,25,28)/t14?,15?,16?,17?,18-,23-,24+/m1/s1. The van der Waals surface area contributed by atoms with Gasteiger partial charge in [-0.3, -0.25) is 14.4 Å². The average Bonchev–Trinajstić information content (AvgIpc) is 2.94. The van der Waals surface area contributed by atoms with Crippen LogP contribution >= 0.6 is 0 Å². The lowest BCUT2D eigenvalue weighted by atomic mass is 9.44. The fraction of sp³-hybridized carbons (Fsp3) is 0.875. The fourth-order valence-electron chi connectivity index (χ4n) is 7.83. The van der Waals surface area contributed by atoms with Gasteiger partial charge in [0.15, 0.2) is 5.78 Å². The smallest absolute Gasteiger partial charge is 0.224 e. The van der Waals surface area contributed by atoms with Gasteiger partial charge in [0.25, 0.3) is 0 Å². The Hall–Kier alpha value is -1.19. The highest BCUT2D eigenvalue weighted by Crippen LogP contribution is 2.66. The monoisotopic (exact) mass is 387 g/mol. The summed E-state index contributed by atoms with van der Waals surface area (Å²) in [6.07, 6.45) is 7.54. The van der Waals surface area contributed by atoms with Crippen molar-refractivity contribution in [1.29, 1.82) is 0 Å². The molecule has 4 saturated carbocycles. The van der Waals surface area contributed by atoms with E-state index in [-0.39, 0.29) is 45.7 Å². The van der Waals surface area contributed by atoms with Crippen LogP contribution in [0.15, 0.2) is 0 Å². The van der Waals surface area contributed by atoms with Gasteiger partial charge in [0.05, 0.1) is 0 Å². The van der Waals surface area contributed by atoms with Crippen LogP contribution in [0.3, 0.4) is 0 Å². The normalized spacial score (nSPS) is 45.8. The third-order valence-corrected chi connectivity index (χ3v) is 9.17. The molecule has 4 heteroatoms. The van der Waals surface area contributed by atoms with E-state index in [4.69, 9.17) is 0 Å². The number of carbonyl (C=O) groups is 3. The average molecular weight is 388 g/mol. The summed E-state index contributed by atoms with van der Waals surface area (Å²) in [6, 6.07) is 0.